The van der Waals surface area contributed by atoms with E-state index in [1.165, 1.54) is 0 Å². The molecule has 0 spiro atoms. The fourth-order valence-corrected chi connectivity index (χ4v) is 4.72. The lowest BCUT2D eigenvalue weighted by molar-refractivity contribution is -0.133. The van der Waals surface area contributed by atoms with Gasteiger partial charge in [-0.2, -0.15) is 0 Å². The zero-order valence-electron chi connectivity index (χ0n) is 24.2. The quantitative estimate of drug-likeness (QED) is 0.379. The van der Waals surface area contributed by atoms with Crippen LogP contribution in [-0.2, 0) is 25.7 Å². The van der Waals surface area contributed by atoms with Crippen LogP contribution in [0.3, 0.4) is 0 Å². The van der Waals surface area contributed by atoms with Crippen molar-refractivity contribution in [3.63, 3.8) is 0 Å². The van der Waals surface area contributed by atoms with Crippen molar-refractivity contribution in [2.45, 2.75) is 65.1 Å². The summed E-state index contributed by atoms with van der Waals surface area (Å²) in [7, 11) is 0. The maximum atomic E-state index is 13.8. The molecule has 41 heavy (non-hydrogen) atoms. The second-order valence-corrected chi connectivity index (χ2v) is 11.5. The summed E-state index contributed by atoms with van der Waals surface area (Å²) < 4.78 is 7.56. The van der Waals surface area contributed by atoms with Crippen LogP contribution in [-0.4, -0.2) is 57.9 Å². The van der Waals surface area contributed by atoms with E-state index < -0.39 is 23.4 Å². The van der Waals surface area contributed by atoms with Gasteiger partial charge in [-0.1, -0.05) is 94.3 Å². The molecule has 0 radical (unpaired) electrons. The van der Waals surface area contributed by atoms with Gasteiger partial charge in [0.2, 0.25) is 11.8 Å². The molecule has 9 nitrogen and oxygen atoms in total. The van der Waals surface area contributed by atoms with Crippen LogP contribution in [0.1, 0.15) is 63.6 Å². The SMILES string of the molecule is CC(C)(C)C(=O)N[C@H](COCc1ccccc1)C(=O)Nc1cn(C(C(=O)N2CCCCCC2)c2ccccc2)cn1. The van der Waals surface area contributed by atoms with Crippen LogP contribution >= 0.6 is 0 Å². The first-order valence-corrected chi connectivity index (χ1v) is 14.3. The molecule has 0 aliphatic carbocycles. The van der Waals surface area contributed by atoms with E-state index in [0.29, 0.717) is 6.61 Å². The van der Waals surface area contributed by atoms with Gasteiger partial charge < -0.3 is 24.8 Å². The Bertz CT molecular complexity index is 1280. The van der Waals surface area contributed by atoms with Crippen LogP contribution < -0.4 is 10.6 Å². The molecule has 1 fully saturated rings. The number of hydrogen-bond donors (Lipinski definition) is 2. The van der Waals surface area contributed by atoms with Crippen molar-refractivity contribution in [2.75, 3.05) is 25.0 Å². The number of aromatic nitrogens is 2. The molecule has 3 aromatic rings. The fourth-order valence-electron chi connectivity index (χ4n) is 4.72. The highest BCUT2D eigenvalue weighted by atomic mass is 16.5. The standard InChI is InChI=1S/C32H41N5O4/c1-32(2,3)31(40)34-26(22-41-21-24-14-8-6-9-15-24)29(38)35-27-20-37(23-33-27)28(25-16-10-7-11-17-25)30(39)36-18-12-4-5-13-19-36/h6-11,14-17,20,23,26,28H,4-5,12-13,18-19,21-22H2,1-3H3,(H,34,40)(H,35,38)/t26-,28?/m1/s1. The summed E-state index contributed by atoms with van der Waals surface area (Å²) >= 11 is 0. The molecule has 2 aromatic carbocycles. The van der Waals surface area contributed by atoms with Crippen LogP contribution in [0.25, 0.3) is 0 Å². The summed E-state index contributed by atoms with van der Waals surface area (Å²) in [6, 6.07) is 17.7. The summed E-state index contributed by atoms with van der Waals surface area (Å²) in [4.78, 5) is 46.2. The van der Waals surface area contributed by atoms with Crippen molar-refractivity contribution in [1.82, 2.24) is 19.8 Å². The molecular weight excluding hydrogens is 518 g/mol. The van der Waals surface area contributed by atoms with E-state index in [9.17, 15) is 14.4 Å². The second-order valence-electron chi connectivity index (χ2n) is 11.5. The Labute approximate surface area is 242 Å². The zero-order valence-corrected chi connectivity index (χ0v) is 24.2. The summed E-state index contributed by atoms with van der Waals surface area (Å²) in [5.41, 5.74) is 1.13. The van der Waals surface area contributed by atoms with Crippen LogP contribution in [0, 0.1) is 5.41 Å². The number of anilines is 1. The van der Waals surface area contributed by atoms with Gasteiger partial charge in [-0.05, 0) is 24.0 Å². The largest absolute Gasteiger partial charge is 0.374 e. The first-order valence-electron chi connectivity index (χ1n) is 14.3. The Hall–Kier alpha value is -3.98. The summed E-state index contributed by atoms with van der Waals surface area (Å²) in [6.45, 7) is 7.13. The summed E-state index contributed by atoms with van der Waals surface area (Å²) in [5, 5.41) is 5.63. The molecule has 9 heteroatoms. The fraction of sp³-hybridized carbons (Fsp3) is 0.438. The van der Waals surface area contributed by atoms with E-state index in [2.05, 4.69) is 15.6 Å². The molecule has 1 saturated heterocycles. The predicted molar refractivity (Wildman–Crippen MR) is 158 cm³/mol. The van der Waals surface area contributed by atoms with Gasteiger partial charge in [-0.25, -0.2) is 4.98 Å². The van der Waals surface area contributed by atoms with E-state index in [1.807, 2.05) is 65.6 Å². The van der Waals surface area contributed by atoms with E-state index in [1.54, 1.807) is 37.9 Å². The highest BCUT2D eigenvalue weighted by Gasteiger charge is 2.30. The number of likely N-dealkylation sites (tertiary alicyclic amines) is 1. The minimum Gasteiger partial charge on any atom is -0.374 e. The van der Waals surface area contributed by atoms with E-state index in [0.717, 1.165) is 49.9 Å². The molecular formula is C32H41N5O4. The van der Waals surface area contributed by atoms with Crippen molar-refractivity contribution >= 4 is 23.5 Å². The number of rotatable bonds is 10. The molecule has 1 aliphatic rings. The highest BCUT2D eigenvalue weighted by Crippen LogP contribution is 2.24. The first kappa shape index (κ1) is 30.0. The lowest BCUT2D eigenvalue weighted by Crippen LogP contribution is -2.50. The van der Waals surface area contributed by atoms with Gasteiger partial charge in [-0.15, -0.1) is 0 Å². The van der Waals surface area contributed by atoms with E-state index in [4.69, 9.17) is 4.74 Å². The number of benzene rings is 2. The van der Waals surface area contributed by atoms with Crippen molar-refractivity contribution in [1.29, 1.82) is 0 Å². The van der Waals surface area contributed by atoms with Crippen molar-refractivity contribution < 1.29 is 19.1 Å². The molecule has 3 amide bonds. The molecule has 1 unspecified atom stereocenters. The van der Waals surface area contributed by atoms with Gasteiger partial charge in [0.1, 0.15) is 12.1 Å². The Balaban J connectivity index is 1.50. The summed E-state index contributed by atoms with van der Waals surface area (Å²) in [6.07, 6.45) is 7.47. The molecule has 1 aromatic heterocycles. The van der Waals surface area contributed by atoms with Gasteiger partial charge >= 0.3 is 0 Å². The van der Waals surface area contributed by atoms with Crippen LogP contribution in [0.15, 0.2) is 73.2 Å². The van der Waals surface area contributed by atoms with Gasteiger partial charge in [0, 0.05) is 24.7 Å². The Morgan fingerprint density at radius 2 is 1.56 bits per heavy atom. The second kappa shape index (κ2) is 14.1. The predicted octanol–water partition coefficient (Wildman–Crippen LogP) is 4.56. The molecule has 2 atom stereocenters. The van der Waals surface area contributed by atoms with Gasteiger partial charge in [-0.3, -0.25) is 14.4 Å². The number of ether oxygens (including phenoxy) is 1. The van der Waals surface area contributed by atoms with Gasteiger partial charge in [0.05, 0.1) is 19.5 Å². The number of nitrogens with zero attached hydrogens (tertiary/aromatic N) is 3. The Morgan fingerprint density at radius 1 is 0.927 bits per heavy atom. The number of imidazole rings is 1. The number of hydrogen-bond acceptors (Lipinski definition) is 5. The van der Waals surface area contributed by atoms with E-state index in [-0.39, 0.29) is 24.2 Å². The number of nitrogens with one attached hydrogen (secondary N) is 2. The average molecular weight is 560 g/mol. The monoisotopic (exact) mass is 559 g/mol. The third-order valence-corrected chi connectivity index (χ3v) is 7.12. The first-order chi connectivity index (χ1) is 19.7. The topological polar surface area (TPSA) is 106 Å². The number of carbonyl (C=O) groups excluding carboxylic acids is 3. The minimum atomic E-state index is -0.931. The van der Waals surface area contributed by atoms with Gasteiger partial charge in [0.25, 0.3) is 5.91 Å². The third-order valence-electron chi connectivity index (χ3n) is 7.12. The number of amides is 3. The van der Waals surface area contributed by atoms with Crippen LogP contribution in [0.5, 0.6) is 0 Å². The maximum absolute atomic E-state index is 13.8. The molecule has 0 bridgehead atoms. The van der Waals surface area contributed by atoms with Crippen LogP contribution in [0.2, 0.25) is 0 Å². The lowest BCUT2D eigenvalue weighted by Gasteiger charge is -2.27. The average Bonchev–Trinajstić information content (AvgIpc) is 3.23. The molecule has 0 saturated carbocycles. The number of carbonyl (C=O) groups is 3. The Kier molecular flexibility index (Phi) is 10.3. The van der Waals surface area contributed by atoms with Crippen LogP contribution in [0.4, 0.5) is 5.82 Å². The summed E-state index contributed by atoms with van der Waals surface area (Å²) in [5.74, 6) is -0.412. The molecule has 2 N–H and O–H groups in total. The molecule has 1 aliphatic heterocycles. The smallest absolute Gasteiger partial charge is 0.250 e. The lowest BCUT2D eigenvalue weighted by atomic mass is 9.95. The minimum absolute atomic E-state index is 0.0106. The Morgan fingerprint density at radius 3 is 2.20 bits per heavy atom. The van der Waals surface area contributed by atoms with Crippen molar-refractivity contribution in [3.05, 3.63) is 84.3 Å². The molecule has 2 heterocycles. The van der Waals surface area contributed by atoms with E-state index >= 15 is 0 Å². The molecule has 4 rings (SSSR count). The van der Waals surface area contributed by atoms with Crippen molar-refractivity contribution in [2.24, 2.45) is 5.41 Å². The van der Waals surface area contributed by atoms with Crippen molar-refractivity contribution in [3.8, 4) is 0 Å². The maximum Gasteiger partial charge on any atom is 0.250 e. The third kappa shape index (κ3) is 8.50. The highest BCUT2D eigenvalue weighted by molar-refractivity contribution is 5.97. The normalized spacial score (nSPS) is 15.4. The zero-order chi connectivity index (χ0) is 29.2. The molecule has 218 valence electrons. The van der Waals surface area contributed by atoms with Gasteiger partial charge in [0.15, 0.2) is 5.82 Å².